The fourth-order valence-electron chi connectivity index (χ4n) is 2.58. The molecule has 0 aliphatic carbocycles. The summed E-state index contributed by atoms with van der Waals surface area (Å²) in [6, 6.07) is 12.2. The van der Waals surface area contributed by atoms with Crippen molar-refractivity contribution in [2.75, 3.05) is 5.32 Å². The summed E-state index contributed by atoms with van der Waals surface area (Å²) in [4.78, 5) is 11.6. The molecule has 24 heavy (non-hydrogen) atoms. The summed E-state index contributed by atoms with van der Waals surface area (Å²) < 4.78 is 26.2. The van der Waals surface area contributed by atoms with E-state index >= 15 is 0 Å². The third-order valence-electron chi connectivity index (χ3n) is 3.73. The van der Waals surface area contributed by atoms with Crippen molar-refractivity contribution in [3.63, 3.8) is 0 Å². The number of benzene rings is 2. The summed E-state index contributed by atoms with van der Waals surface area (Å²) >= 11 is 0. The molecule has 4 aromatic rings. The molecule has 0 unspecified atom stereocenters. The van der Waals surface area contributed by atoms with Gasteiger partial charge in [0.1, 0.15) is 29.4 Å². The number of rotatable bonds is 3. The highest BCUT2D eigenvalue weighted by atomic mass is 19.1. The van der Waals surface area contributed by atoms with Crippen molar-refractivity contribution >= 4 is 22.5 Å². The van der Waals surface area contributed by atoms with Crippen LogP contribution in [0.1, 0.15) is 0 Å². The van der Waals surface area contributed by atoms with Crippen LogP contribution >= 0.6 is 0 Å². The first kappa shape index (κ1) is 14.3. The van der Waals surface area contributed by atoms with E-state index in [1.165, 1.54) is 30.6 Å². The minimum absolute atomic E-state index is 0.292. The number of aromatic nitrogens is 3. The van der Waals surface area contributed by atoms with Gasteiger partial charge in [-0.15, -0.1) is 0 Å². The highest BCUT2D eigenvalue weighted by molar-refractivity contribution is 6.01. The number of nitrogens with zero attached hydrogens (tertiary/aromatic N) is 2. The SMILES string of the molecule is Fc1ccc(Nc2ncnc3[nH]cc(-c4ccc(F)cc4)c23)cc1. The Hall–Kier alpha value is -3.28. The van der Waals surface area contributed by atoms with Crippen LogP contribution in [-0.2, 0) is 0 Å². The average molecular weight is 322 g/mol. The second-order valence-electron chi connectivity index (χ2n) is 5.29. The zero-order valence-corrected chi connectivity index (χ0v) is 12.4. The van der Waals surface area contributed by atoms with Crippen LogP contribution in [0.5, 0.6) is 0 Å². The highest BCUT2D eigenvalue weighted by Crippen LogP contribution is 2.33. The Labute approximate surface area is 136 Å². The predicted molar refractivity (Wildman–Crippen MR) is 89.0 cm³/mol. The van der Waals surface area contributed by atoms with E-state index in [2.05, 4.69) is 20.3 Å². The van der Waals surface area contributed by atoms with Crippen molar-refractivity contribution in [1.82, 2.24) is 15.0 Å². The number of anilines is 2. The van der Waals surface area contributed by atoms with Crippen LogP contribution in [0, 0.1) is 11.6 Å². The van der Waals surface area contributed by atoms with Crippen LogP contribution in [-0.4, -0.2) is 15.0 Å². The van der Waals surface area contributed by atoms with Crippen LogP contribution < -0.4 is 5.32 Å². The summed E-state index contributed by atoms with van der Waals surface area (Å²) in [6.45, 7) is 0. The summed E-state index contributed by atoms with van der Waals surface area (Å²) in [5.74, 6) is -0.00582. The monoisotopic (exact) mass is 322 g/mol. The van der Waals surface area contributed by atoms with Gasteiger partial charge in [0.05, 0.1) is 5.39 Å². The predicted octanol–water partition coefficient (Wildman–Crippen LogP) is 4.65. The Balaban J connectivity index is 1.82. The minimum atomic E-state index is -0.304. The van der Waals surface area contributed by atoms with Crippen LogP contribution in [0.4, 0.5) is 20.3 Å². The maximum Gasteiger partial charge on any atom is 0.143 e. The van der Waals surface area contributed by atoms with Gasteiger partial charge >= 0.3 is 0 Å². The van der Waals surface area contributed by atoms with Gasteiger partial charge in [-0.25, -0.2) is 18.7 Å². The molecule has 0 radical (unpaired) electrons. The molecule has 0 amide bonds. The van der Waals surface area contributed by atoms with Gasteiger partial charge in [0.2, 0.25) is 0 Å². The largest absolute Gasteiger partial charge is 0.345 e. The van der Waals surface area contributed by atoms with Crippen molar-refractivity contribution in [2.24, 2.45) is 0 Å². The minimum Gasteiger partial charge on any atom is -0.345 e. The van der Waals surface area contributed by atoms with Crippen molar-refractivity contribution < 1.29 is 8.78 Å². The Morgan fingerprint density at radius 3 is 2.21 bits per heavy atom. The molecule has 0 fully saturated rings. The lowest BCUT2D eigenvalue weighted by atomic mass is 10.1. The zero-order valence-electron chi connectivity index (χ0n) is 12.4. The average Bonchev–Trinajstić information content (AvgIpc) is 3.03. The fraction of sp³-hybridized carbons (Fsp3) is 0. The molecule has 0 atom stereocenters. The van der Waals surface area contributed by atoms with E-state index in [1.807, 2.05) is 6.20 Å². The first-order chi connectivity index (χ1) is 11.7. The van der Waals surface area contributed by atoms with Crippen molar-refractivity contribution in [1.29, 1.82) is 0 Å². The van der Waals surface area contributed by atoms with Gasteiger partial charge in [-0.1, -0.05) is 12.1 Å². The molecule has 2 N–H and O–H groups in total. The van der Waals surface area contributed by atoms with Gasteiger partial charge in [0, 0.05) is 17.4 Å². The zero-order chi connectivity index (χ0) is 16.5. The fourth-order valence-corrected chi connectivity index (χ4v) is 2.58. The van der Waals surface area contributed by atoms with Crippen LogP contribution in [0.2, 0.25) is 0 Å². The van der Waals surface area contributed by atoms with E-state index in [-0.39, 0.29) is 11.6 Å². The number of aromatic amines is 1. The second-order valence-corrected chi connectivity index (χ2v) is 5.29. The highest BCUT2D eigenvalue weighted by Gasteiger charge is 2.13. The molecular formula is C18H12F2N4. The standard InChI is InChI=1S/C18H12F2N4/c19-12-3-1-11(2-4-12)15-9-21-17-16(15)18(23-10-22-17)24-14-7-5-13(20)6-8-14/h1-10H,(H2,21,22,23,24). The molecule has 0 aliphatic rings. The maximum absolute atomic E-state index is 13.2. The van der Waals surface area contributed by atoms with Crippen molar-refractivity contribution in [3.05, 3.63) is 72.7 Å². The van der Waals surface area contributed by atoms with Crippen LogP contribution in [0.3, 0.4) is 0 Å². The molecule has 2 aromatic heterocycles. The Morgan fingerprint density at radius 1 is 0.833 bits per heavy atom. The molecule has 0 saturated carbocycles. The van der Waals surface area contributed by atoms with E-state index in [0.29, 0.717) is 17.2 Å². The normalized spacial score (nSPS) is 10.9. The quantitative estimate of drug-likeness (QED) is 0.577. The van der Waals surface area contributed by atoms with Crippen molar-refractivity contribution in [3.8, 4) is 11.1 Å². The van der Waals surface area contributed by atoms with E-state index < -0.39 is 0 Å². The number of H-pyrrole nitrogens is 1. The van der Waals surface area contributed by atoms with E-state index in [1.54, 1.807) is 24.3 Å². The van der Waals surface area contributed by atoms with E-state index in [4.69, 9.17) is 0 Å². The third kappa shape index (κ3) is 2.58. The smallest absolute Gasteiger partial charge is 0.143 e. The van der Waals surface area contributed by atoms with Gasteiger partial charge in [0.25, 0.3) is 0 Å². The number of nitrogens with one attached hydrogen (secondary N) is 2. The Kier molecular flexibility index (Phi) is 3.42. The summed E-state index contributed by atoms with van der Waals surface area (Å²) in [5.41, 5.74) is 3.08. The molecule has 2 aromatic carbocycles. The molecule has 0 aliphatic heterocycles. The maximum atomic E-state index is 13.2. The van der Waals surface area contributed by atoms with Gasteiger partial charge in [0.15, 0.2) is 0 Å². The lowest BCUT2D eigenvalue weighted by Gasteiger charge is -2.08. The number of halogens is 2. The number of hydrogen-bond acceptors (Lipinski definition) is 3. The van der Waals surface area contributed by atoms with Gasteiger partial charge in [-0.05, 0) is 42.0 Å². The third-order valence-corrected chi connectivity index (χ3v) is 3.73. The van der Waals surface area contributed by atoms with Gasteiger partial charge < -0.3 is 10.3 Å². The lowest BCUT2D eigenvalue weighted by molar-refractivity contribution is 0.627. The first-order valence-electron chi connectivity index (χ1n) is 7.31. The van der Waals surface area contributed by atoms with Crippen LogP contribution in [0.25, 0.3) is 22.2 Å². The number of hydrogen-bond donors (Lipinski definition) is 2. The molecule has 4 rings (SSSR count). The lowest BCUT2D eigenvalue weighted by Crippen LogP contribution is -1.96. The molecule has 4 nitrogen and oxygen atoms in total. The van der Waals surface area contributed by atoms with Crippen LogP contribution in [0.15, 0.2) is 61.1 Å². The molecule has 0 spiro atoms. The molecular weight excluding hydrogens is 310 g/mol. The Morgan fingerprint density at radius 2 is 1.50 bits per heavy atom. The summed E-state index contributed by atoms with van der Waals surface area (Å²) in [5, 5.41) is 3.96. The molecule has 118 valence electrons. The van der Waals surface area contributed by atoms with E-state index in [0.717, 1.165) is 16.5 Å². The Bertz CT molecular complexity index is 992. The molecule has 0 saturated heterocycles. The van der Waals surface area contributed by atoms with Gasteiger partial charge in [-0.2, -0.15) is 0 Å². The number of fused-ring (bicyclic) bond motifs is 1. The summed E-state index contributed by atoms with van der Waals surface area (Å²) in [6.07, 6.45) is 3.25. The molecule has 0 bridgehead atoms. The molecule has 2 heterocycles. The van der Waals surface area contributed by atoms with Crippen molar-refractivity contribution in [2.45, 2.75) is 0 Å². The van der Waals surface area contributed by atoms with E-state index in [9.17, 15) is 8.78 Å². The first-order valence-corrected chi connectivity index (χ1v) is 7.31. The molecule has 6 heteroatoms. The second kappa shape index (κ2) is 5.73. The van der Waals surface area contributed by atoms with Gasteiger partial charge in [-0.3, -0.25) is 0 Å². The topological polar surface area (TPSA) is 53.6 Å². The summed E-state index contributed by atoms with van der Waals surface area (Å²) in [7, 11) is 0.